The van der Waals surface area contributed by atoms with Gasteiger partial charge in [0.05, 0.1) is 27.1 Å². The van der Waals surface area contributed by atoms with E-state index in [0.717, 1.165) is 39.6 Å². The van der Waals surface area contributed by atoms with Crippen LogP contribution in [0.15, 0.2) is 188 Å². The first-order valence-corrected chi connectivity index (χ1v) is 20.8. The van der Waals surface area contributed by atoms with Gasteiger partial charge in [-0.1, -0.05) is 152 Å². The largest absolute Gasteiger partial charge is 0.308 e. The molecule has 0 saturated carbocycles. The van der Waals surface area contributed by atoms with Crippen molar-refractivity contribution >= 4 is 84.8 Å². The van der Waals surface area contributed by atoms with Gasteiger partial charge in [0.2, 0.25) is 0 Å². The van der Waals surface area contributed by atoms with Crippen LogP contribution in [0.3, 0.4) is 0 Å². The van der Waals surface area contributed by atoms with Crippen LogP contribution in [-0.4, -0.2) is 14.5 Å². The number of thiophene rings is 2. The summed E-state index contributed by atoms with van der Waals surface area (Å²) in [5, 5.41) is 7.63. The van der Waals surface area contributed by atoms with Gasteiger partial charge in [-0.2, -0.15) is 0 Å². The molecule has 0 fully saturated rings. The Labute approximate surface area is 336 Å². The summed E-state index contributed by atoms with van der Waals surface area (Å²) in [6, 6.07) is 67.6. The zero-order valence-corrected chi connectivity index (χ0v) is 32.2. The number of fused-ring (bicyclic) bond motifs is 10. The first kappa shape index (κ1) is 32.3. The summed E-state index contributed by atoms with van der Waals surface area (Å²) in [5.74, 6) is 0.721. The average Bonchev–Trinajstić information content (AvgIpc) is 3.96. The van der Waals surface area contributed by atoms with E-state index in [0.29, 0.717) is 0 Å². The first-order chi connectivity index (χ1) is 28.2. The minimum atomic E-state index is 0.721. The zero-order chi connectivity index (χ0) is 37.5. The highest BCUT2D eigenvalue weighted by Gasteiger charge is 2.21. The lowest BCUT2D eigenvalue weighted by molar-refractivity contribution is 1.19. The van der Waals surface area contributed by atoms with Crippen LogP contribution in [0.1, 0.15) is 0 Å². The molecule has 0 spiro atoms. The predicted molar refractivity (Wildman–Crippen MR) is 244 cm³/mol. The number of hydrogen-bond acceptors (Lipinski definition) is 4. The maximum atomic E-state index is 5.24. The molecule has 4 aromatic heterocycles. The third kappa shape index (κ3) is 5.17. The van der Waals surface area contributed by atoms with Crippen LogP contribution in [0.2, 0.25) is 0 Å². The molecule has 5 heteroatoms. The van der Waals surface area contributed by atoms with Crippen molar-refractivity contribution in [3.8, 4) is 50.7 Å². The molecule has 0 bridgehead atoms. The maximum absolute atomic E-state index is 5.24. The van der Waals surface area contributed by atoms with E-state index in [9.17, 15) is 0 Å². The molecule has 0 aliphatic heterocycles. The zero-order valence-electron chi connectivity index (χ0n) is 30.6. The van der Waals surface area contributed by atoms with Crippen LogP contribution >= 0.6 is 22.7 Å². The monoisotopic (exact) mass is 761 g/mol. The normalized spacial score (nSPS) is 11.9. The van der Waals surface area contributed by atoms with Crippen molar-refractivity contribution in [2.24, 2.45) is 0 Å². The number of benzene rings is 8. The SMILES string of the molecule is c1ccc(-c2cc(-c3cccc4c3sc3c4ccc4c5ccc(-c6ccc7c(c6)sc6ccccc67)cc5n(-c5ccccc5)c43)nc(-c3ccccc3)n2)cc1. The standard InChI is InChI=1S/C52H31N3S2/c1-4-13-32(14-5-1)44-31-45(54-52(53-44)33-15-6-2-7-16-33)43-21-12-20-41-42-28-27-40-37-25-23-34(35-24-26-39-38-19-10-11-22-47(38)56-48(39)30-35)29-46(37)55(36-17-8-3-9-18-36)49(40)51(42)57-50(41)43/h1-31H. The maximum Gasteiger partial charge on any atom is 0.160 e. The van der Waals surface area contributed by atoms with E-state index in [1.165, 1.54) is 73.3 Å². The fourth-order valence-corrected chi connectivity index (χ4v) is 11.0. The van der Waals surface area contributed by atoms with Gasteiger partial charge in [0.15, 0.2) is 5.82 Å². The molecular formula is C52H31N3S2. The number of rotatable bonds is 5. The fourth-order valence-electron chi connectivity index (χ4n) is 8.54. The Morgan fingerprint density at radius 3 is 1.81 bits per heavy atom. The van der Waals surface area contributed by atoms with E-state index in [-0.39, 0.29) is 0 Å². The van der Waals surface area contributed by atoms with Crippen molar-refractivity contribution in [3.63, 3.8) is 0 Å². The third-order valence-electron chi connectivity index (χ3n) is 11.2. The smallest absolute Gasteiger partial charge is 0.160 e. The second-order valence-corrected chi connectivity index (χ2v) is 16.6. The van der Waals surface area contributed by atoms with Gasteiger partial charge in [0.1, 0.15) is 0 Å². The van der Waals surface area contributed by atoms with Crippen molar-refractivity contribution in [1.29, 1.82) is 0 Å². The van der Waals surface area contributed by atoms with Crippen LogP contribution in [0.4, 0.5) is 0 Å². The van der Waals surface area contributed by atoms with E-state index >= 15 is 0 Å². The molecule has 8 aromatic carbocycles. The predicted octanol–water partition coefficient (Wildman–Crippen LogP) is 15.0. The third-order valence-corrected chi connectivity index (χ3v) is 13.6. The van der Waals surface area contributed by atoms with Gasteiger partial charge in [-0.15, -0.1) is 22.7 Å². The Morgan fingerprint density at radius 1 is 0.368 bits per heavy atom. The van der Waals surface area contributed by atoms with E-state index in [4.69, 9.17) is 9.97 Å². The van der Waals surface area contributed by atoms with E-state index in [2.05, 4.69) is 168 Å². The van der Waals surface area contributed by atoms with E-state index in [1.54, 1.807) is 0 Å². The molecular weight excluding hydrogens is 731 g/mol. The van der Waals surface area contributed by atoms with E-state index in [1.807, 2.05) is 46.9 Å². The van der Waals surface area contributed by atoms with Gasteiger partial charge in [-0.25, -0.2) is 9.97 Å². The Kier molecular flexibility index (Phi) is 7.27. The molecule has 0 atom stereocenters. The molecule has 0 saturated heterocycles. The average molecular weight is 762 g/mol. The molecule has 12 rings (SSSR count). The molecule has 4 heterocycles. The van der Waals surface area contributed by atoms with Gasteiger partial charge in [-0.3, -0.25) is 0 Å². The summed E-state index contributed by atoms with van der Waals surface area (Å²) >= 11 is 3.73. The second kappa shape index (κ2) is 12.8. The van der Waals surface area contributed by atoms with Gasteiger partial charge >= 0.3 is 0 Å². The Morgan fingerprint density at radius 2 is 0.982 bits per heavy atom. The topological polar surface area (TPSA) is 30.7 Å². The van der Waals surface area contributed by atoms with E-state index < -0.39 is 0 Å². The number of hydrogen-bond donors (Lipinski definition) is 0. The summed E-state index contributed by atoms with van der Waals surface area (Å²) in [6.07, 6.45) is 0. The number of aromatic nitrogens is 3. The summed E-state index contributed by atoms with van der Waals surface area (Å²) in [7, 11) is 0. The molecule has 3 nitrogen and oxygen atoms in total. The first-order valence-electron chi connectivity index (χ1n) is 19.1. The molecule has 0 unspecified atom stereocenters. The highest BCUT2D eigenvalue weighted by molar-refractivity contribution is 7.27. The Bertz CT molecular complexity index is 3450. The number of para-hydroxylation sites is 1. The summed E-state index contributed by atoms with van der Waals surface area (Å²) in [5.41, 5.74) is 11.0. The van der Waals surface area contributed by atoms with Crippen molar-refractivity contribution < 1.29 is 0 Å². The summed E-state index contributed by atoms with van der Waals surface area (Å²) < 4.78 is 7.61. The van der Waals surface area contributed by atoms with Gasteiger partial charge in [0, 0.05) is 68.8 Å². The molecule has 12 aromatic rings. The van der Waals surface area contributed by atoms with Crippen LogP contribution in [-0.2, 0) is 0 Å². The van der Waals surface area contributed by atoms with Crippen LogP contribution in [0.25, 0.3) is 113 Å². The Hall–Kier alpha value is -6.92. The van der Waals surface area contributed by atoms with Crippen molar-refractivity contribution in [2.45, 2.75) is 0 Å². The summed E-state index contributed by atoms with van der Waals surface area (Å²) in [4.78, 5) is 10.3. The summed E-state index contributed by atoms with van der Waals surface area (Å²) in [6.45, 7) is 0. The molecule has 0 radical (unpaired) electrons. The lowest BCUT2D eigenvalue weighted by atomic mass is 10.0. The van der Waals surface area contributed by atoms with Crippen LogP contribution < -0.4 is 0 Å². The van der Waals surface area contributed by atoms with Crippen molar-refractivity contribution in [1.82, 2.24) is 14.5 Å². The number of nitrogens with zero attached hydrogens (tertiary/aromatic N) is 3. The van der Waals surface area contributed by atoms with Crippen molar-refractivity contribution in [3.05, 3.63) is 188 Å². The molecule has 0 amide bonds. The Balaban J connectivity index is 1.10. The van der Waals surface area contributed by atoms with Gasteiger partial charge in [0.25, 0.3) is 0 Å². The van der Waals surface area contributed by atoms with Crippen molar-refractivity contribution in [2.75, 3.05) is 0 Å². The highest BCUT2D eigenvalue weighted by atomic mass is 32.1. The lowest BCUT2D eigenvalue weighted by Crippen LogP contribution is -1.95. The minimum Gasteiger partial charge on any atom is -0.308 e. The molecule has 57 heavy (non-hydrogen) atoms. The van der Waals surface area contributed by atoms with Crippen LogP contribution in [0.5, 0.6) is 0 Å². The van der Waals surface area contributed by atoms with Gasteiger partial charge < -0.3 is 4.57 Å². The second-order valence-electron chi connectivity index (χ2n) is 14.5. The fraction of sp³-hybridized carbons (Fsp3) is 0. The quantitative estimate of drug-likeness (QED) is 0.175. The molecule has 0 N–H and O–H groups in total. The highest BCUT2D eigenvalue weighted by Crippen LogP contribution is 2.46. The molecule has 266 valence electrons. The van der Waals surface area contributed by atoms with Crippen LogP contribution in [0, 0.1) is 0 Å². The molecule has 0 aliphatic carbocycles. The molecule has 0 aliphatic rings. The minimum absolute atomic E-state index is 0.721. The lowest BCUT2D eigenvalue weighted by Gasteiger charge is -2.10. The van der Waals surface area contributed by atoms with Gasteiger partial charge in [-0.05, 0) is 47.5 Å².